The summed E-state index contributed by atoms with van der Waals surface area (Å²) in [7, 11) is 0. The molecule has 0 spiro atoms. The minimum absolute atomic E-state index is 0.241. The van der Waals surface area contributed by atoms with E-state index in [1.54, 1.807) is 6.08 Å². The van der Waals surface area contributed by atoms with Gasteiger partial charge < -0.3 is 65.1 Å². The van der Waals surface area contributed by atoms with Crippen molar-refractivity contribution in [3.05, 3.63) is 48.6 Å². The zero-order chi connectivity index (χ0) is 72.2. The summed E-state index contributed by atoms with van der Waals surface area (Å²) in [4.78, 5) is 13.4. The normalized spacial score (nSPS) is 22.0. The van der Waals surface area contributed by atoms with Crippen LogP contribution in [0.4, 0.5) is 0 Å². The molecule has 2 aliphatic heterocycles. The number of aliphatic hydroxyl groups excluding tert-OH is 8. The molecule has 2 fully saturated rings. The standard InChI is InChI=1S/C86H161NO13/c1-3-5-7-9-11-13-15-17-19-21-23-25-27-29-31-33-34-35-36-37-38-39-40-42-44-46-48-50-52-54-56-58-60-62-64-66-68-70-78(91)87-74(73-97-85-83(96)81(94)84(77(72-89)99-85)100-86-82(95)80(93)79(92)76(71-88)98-86)75(90)69-67-65-63-61-59-57-55-53-51-49-47-45-43-41-32-30-28-26-24-22-20-18-16-14-12-10-8-6-4-2/h15,17,21,23,59,61,67,69,74-77,79-86,88-90,92-96H,3-14,16,18-20,22,24-58,60,62-66,68,70-73H2,1-2H3,(H,87,91)/b17-15-,23-21-,61-59+,69-67+. The van der Waals surface area contributed by atoms with Crippen molar-refractivity contribution in [3.8, 4) is 0 Å². The van der Waals surface area contributed by atoms with E-state index in [0.29, 0.717) is 12.8 Å². The highest BCUT2D eigenvalue weighted by Gasteiger charge is 2.51. The molecule has 0 aromatic carbocycles. The van der Waals surface area contributed by atoms with E-state index in [1.807, 2.05) is 6.08 Å². The molecule has 1 amide bonds. The summed E-state index contributed by atoms with van der Waals surface area (Å²) < 4.78 is 22.9. The summed E-state index contributed by atoms with van der Waals surface area (Å²) in [6, 6.07) is -0.933. The highest BCUT2D eigenvalue weighted by Crippen LogP contribution is 2.30. The van der Waals surface area contributed by atoms with Crippen molar-refractivity contribution in [1.82, 2.24) is 5.32 Å². The van der Waals surface area contributed by atoms with Crippen LogP contribution in [-0.2, 0) is 23.7 Å². The summed E-state index contributed by atoms with van der Waals surface area (Å²) in [5.74, 6) is -0.241. The van der Waals surface area contributed by atoms with E-state index in [1.165, 1.54) is 327 Å². The molecule has 0 bridgehead atoms. The second-order valence-corrected chi connectivity index (χ2v) is 30.3. The topological polar surface area (TPSA) is 228 Å². The lowest BCUT2D eigenvalue weighted by atomic mass is 9.97. The number of ether oxygens (including phenoxy) is 4. The first-order chi connectivity index (χ1) is 49.1. The Morgan fingerprint density at radius 2 is 0.670 bits per heavy atom. The molecule has 2 saturated heterocycles. The third-order valence-electron chi connectivity index (χ3n) is 21.0. The molecular formula is C86H161NO13. The Labute approximate surface area is 614 Å². The maximum Gasteiger partial charge on any atom is 0.220 e. The van der Waals surface area contributed by atoms with Crippen LogP contribution in [0.2, 0.25) is 0 Å². The molecule has 0 aliphatic carbocycles. The van der Waals surface area contributed by atoms with Gasteiger partial charge in [0.05, 0.1) is 32.0 Å². The van der Waals surface area contributed by atoms with Crippen LogP contribution >= 0.6 is 0 Å². The minimum Gasteiger partial charge on any atom is -0.394 e. The lowest BCUT2D eigenvalue weighted by Gasteiger charge is -2.46. The maximum absolute atomic E-state index is 13.4. The fraction of sp³-hybridized carbons (Fsp3) is 0.895. The molecule has 588 valence electrons. The Morgan fingerprint density at radius 3 is 1.04 bits per heavy atom. The predicted molar refractivity (Wildman–Crippen MR) is 415 cm³/mol. The highest BCUT2D eigenvalue weighted by molar-refractivity contribution is 5.76. The maximum atomic E-state index is 13.4. The Bertz CT molecular complexity index is 1870. The lowest BCUT2D eigenvalue weighted by molar-refractivity contribution is -0.359. The number of carbonyl (C=O) groups excluding carboxylic acids is 1. The molecular weight excluding hydrogens is 1250 g/mol. The van der Waals surface area contributed by atoms with Gasteiger partial charge in [0.2, 0.25) is 5.91 Å². The van der Waals surface area contributed by atoms with E-state index in [-0.39, 0.29) is 18.9 Å². The number of unbranched alkanes of at least 4 members (excludes halogenated alkanes) is 54. The number of amides is 1. The molecule has 100 heavy (non-hydrogen) atoms. The quantitative estimate of drug-likeness (QED) is 0.0204. The number of nitrogens with one attached hydrogen (secondary N) is 1. The Morgan fingerprint density at radius 1 is 0.360 bits per heavy atom. The van der Waals surface area contributed by atoms with Gasteiger partial charge >= 0.3 is 0 Å². The Balaban J connectivity index is 1.59. The van der Waals surface area contributed by atoms with E-state index in [4.69, 9.17) is 18.9 Å². The van der Waals surface area contributed by atoms with E-state index in [0.717, 1.165) is 38.5 Å². The number of hydrogen-bond donors (Lipinski definition) is 9. The van der Waals surface area contributed by atoms with Crippen molar-refractivity contribution in [2.45, 2.75) is 473 Å². The van der Waals surface area contributed by atoms with E-state index < -0.39 is 86.8 Å². The van der Waals surface area contributed by atoms with Crippen molar-refractivity contribution in [1.29, 1.82) is 0 Å². The first kappa shape index (κ1) is 94.0. The molecule has 12 atom stereocenters. The summed E-state index contributed by atoms with van der Waals surface area (Å²) in [6.45, 7) is 2.84. The van der Waals surface area contributed by atoms with Crippen molar-refractivity contribution in [3.63, 3.8) is 0 Å². The fourth-order valence-corrected chi connectivity index (χ4v) is 14.2. The third-order valence-corrected chi connectivity index (χ3v) is 21.0. The van der Waals surface area contributed by atoms with Gasteiger partial charge in [-0.3, -0.25) is 4.79 Å². The Kier molecular flexibility index (Phi) is 65.8. The van der Waals surface area contributed by atoms with Crippen molar-refractivity contribution in [2.24, 2.45) is 0 Å². The van der Waals surface area contributed by atoms with E-state index in [2.05, 4.69) is 55.6 Å². The smallest absolute Gasteiger partial charge is 0.220 e. The van der Waals surface area contributed by atoms with Gasteiger partial charge in [0.15, 0.2) is 12.6 Å². The van der Waals surface area contributed by atoms with Crippen molar-refractivity contribution < 1.29 is 64.6 Å². The van der Waals surface area contributed by atoms with Gasteiger partial charge in [0.1, 0.15) is 48.8 Å². The first-order valence-electron chi connectivity index (χ1n) is 42.9. The molecule has 0 saturated carbocycles. The zero-order valence-corrected chi connectivity index (χ0v) is 64.7. The predicted octanol–water partition coefficient (Wildman–Crippen LogP) is 20.1. The van der Waals surface area contributed by atoms with Gasteiger partial charge in [-0.1, -0.05) is 377 Å². The number of carbonyl (C=O) groups is 1. The van der Waals surface area contributed by atoms with Crippen LogP contribution < -0.4 is 5.32 Å². The Hall–Kier alpha value is -2.05. The van der Waals surface area contributed by atoms with Gasteiger partial charge in [0.25, 0.3) is 0 Å². The monoisotopic (exact) mass is 1420 g/mol. The largest absolute Gasteiger partial charge is 0.394 e. The summed E-state index contributed by atoms with van der Waals surface area (Å²) in [6.07, 6.45) is 77.9. The molecule has 0 aromatic heterocycles. The van der Waals surface area contributed by atoms with Gasteiger partial charge in [0, 0.05) is 6.42 Å². The van der Waals surface area contributed by atoms with Gasteiger partial charge in [-0.25, -0.2) is 0 Å². The number of hydrogen-bond acceptors (Lipinski definition) is 13. The summed E-state index contributed by atoms with van der Waals surface area (Å²) in [5, 5.41) is 87.7. The van der Waals surface area contributed by atoms with Crippen LogP contribution in [0.15, 0.2) is 48.6 Å². The van der Waals surface area contributed by atoms with Crippen LogP contribution in [0.25, 0.3) is 0 Å². The van der Waals surface area contributed by atoms with Crippen LogP contribution in [0.1, 0.15) is 399 Å². The molecule has 14 nitrogen and oxygen atoms in total. The summed E-state index contributed by atoms with van der Waals surface area (Å²) in [5.41, 5.74) is 0. The second-order valence-electron chi connectivity index (χ2n) is 30.3. The number of rotatable bonds is 73. The van der Waals surface area contributed by atoms with Crippen LogP contribution in [0, 0.1) is 0 Å². The van der Waals surface area contributed by atoms with Crippen LogP contribution in [0.5, 0.6) is 0 Å². The third kappa shape index (κ3) is 52.0. The molecule has 14 heteroatoms. The van der Waals surface area contributed by atoms with Crippen molar-refractivity contribution in [2.75, 3.05) is 19.8 Å². The van der Waals surface area contributed by atoms with Gasteiger partial charge in [-0.2, -0.15) is 0 Å². The molecule has 0 aromatic rings. The van der Waals surface area contributed by atoms with Crippen molar-refractivity contribution >= 4 is 5.91 Å². The molecule has 2 rings (SSSR count). The lowest BCUT2D eigenvalue weighted by Crippen LogP contribution is -2.65. The number of aliphatic hydroxyl groups is 8. The first-order valence-corrected chi connectivity index (χ1v) is 42.9. The van der Waals surface area contributed by atoms with E-state index >= 15 is 0 Å². The SMILES string of the molecule is CCCCCCC/C=C\C/C=C\CCCCCCCCCCCCCCCCCCCCCCCCCCCC(=O)NC(COC1OC(CO)C(OC2OC(CO)C(O)C(O)C2O)C(O)C1O)C(O)/C=C/CC/C=C/CCCCCCCCCCCCCCCCCCCCCCCCC. The molecule has 0 radical (unpaired) electrons. The highest BCUT2D eigenvalue weighted by atomic mass is 16.7. The van der Waals surface area contributed by atoms with Crippen LogP contribution in [0.3, 0.4) is 0 Å². The molecule has 9 N–H and O–H groups in total. The van der Waals surface area contributed by atoms with Gasteiger partial charge in [-0.05, 0) is 64.2 Å². The average Bonchev–Trinajstić information content (AvgIpc) is 0.791. The minimum atomic E-state index is -1.79. The average molecular weight is 1420 g/mol. The molecule has 2 aliphatic rings. The fourth-order valence-electron chi connectivity index (χ4n) is 14.2. The zero-order valence-electron chi connectivity index (χ0n) is 64.7. The number of allylic oxidation sites excluding steroid dienone is 7. The van der Waals surface area contributed by atoms with E-state index in [9.17, 15) is 45.6 Å². The summed E-state index contributed by atoms with van der Waals surface area (Å²) >= 11 is 0. The molecule has 12 unspecified atom stereocenters. The molecule has 2 heterocycles. The van der Waals surface area contributed by atoms with Crippen LogP contribution in [-0.4, -0.2) is 140 Å². The van der Waals surface area contributed by atoms with Gasteiger partial charge in [-0.15, -0.1) is 0 Å². The second kappa shape index (κ2) is 70.0.